The van der Waals surface area contributed by atoms with Gasteiger partial charge in [-0.3, -0.25) is 9.59 Å². The highest BCUT2D eigenvalue weighted by Gasteiger charge is 2.16. The topological polar surface area (TPSA) is 52.6 Å². The van der Waals surface area contributed by atoms with E-state index in [9.17, 15) is 9.59 Å². The molecule has 17 heavy (non-hydrogen) atoms. The first-order valence-electron chi connectivity index (χ1n) is 4.74. The van der Waals surface area contributed by atoms with Crippen LogP contribution in [0.1, 0.15) is 11.5 Å². The molecule has 92 valence electrons. The van der Waals surface area contributed by atoms with Crippen LogP contribution in [0.15, 0.2) is 22.7 Å². The van der Waals surface area contributed by atoms with Gasteiger partial charge in [-0.05, 0) is 46.4 Å². The summed E-state index contributed by atoms with van der Waals surface area (Å²) in [5.74, 6) is -0.158. The van der Waals surface area contributed by atoms with Crippen LogP contribution in [0.4, 0.5) is 0 Å². The molecule has 1 aromatic rings. The van der Waals surface area contributed by atoms with E-state index in [0.717, 1.165) is 13.6 Å². The van der Waals surface area contributed by atoms with Gasteiger partial charge in [-0.1, -0.05) is 15.9 Å². The molecule has 1 rings (SSSR count). The summed E-state index contributed by atoms with van der Waals surface area (Å²) in [6, 6.07) is 5.78. The highest BCUT2D eigenvalue weighted by atomic mass is 127. The molecule has 0 amide bonds. The molecule has 0 heterocycles. The first-order valence-corrected chi connectivity index (χ1v) is 6.61. The molecule has 0 radical (unpaired) electrons. The summed E-state index contributed by atoms with van der Waals surface area (Å²) < 4.78 is 11.4. The number of ether oxygens (including phenoxy) is 2. The van der Waals surface area contributed by atoms with Crippen LogP contribution in [-0.4, -0.2) is 26.2 Å². The third kappa shape index (κ3) is 4.63. The van der Waals surface area contributed by atoms with Crippen LogP contribution < -0.4 is 0 Å². The average molecular weight is 413 g/mol. The zero-order chi connectivity index (χ0) is 12.7. The molecule has 0 aliphatic heterocycles. The first-order chi connectivity index (χ1) is 8.19. The molecule has 0 fully saturated rings. The maximum absolute atomic E-state index is 10.2. The second kappa shape index (κ2) is 7.65. The van der Waals surface area contributed by atoms with Crippen molar-refractivity contribution in [3.8, 4) is 0 Å². The zero-order valence-corrected chi connectivity index (χ0v) is 12.5. The minimum Gasteiger partial charge on any atom is -0.467 e. The molecular formula is C11H10BrIO4. The first kappa shape index (κ1) is 14.4. The highest BCUT2D eigenvalue weighted by Crippen LogP contribution is 2.26. The summed E-state index contributed by atoms with van der Waals surface area (Å²) in [6.45, 7) is 1.14. The average Bonchev–Trinajstić information content (AvgIpc) is 2.33. The highest BCUT2D eigenvalue weighted by molar-refractivity contribution is 14.1. The molecule has 0 aliphatic carbocycles. The zero-order valence-electron chi connectivity index (χ0n) is 8.77. The second-order valence-corrected chi connectivity index (χ2v) is 5.30. The molecule has 4 nitrogen and oxygen atoms in total. The van der Waals surface area contributed by atoms with E-state index < -0.39 is 0 Å². The van der Waals surface area contributed by atoms with Gasteiger partial charge in [0.25, 0.3) is 12.9 Å². The van der Waals surface area contributed by atoms with Gasteiger partial charge in [-0.15, -0.1) is 0 Å². The molecule has 0 aliphatic rings. The maximum atomic E-state index is 10.2. The molecule has 6 heteroatoms. The Kier molecular flexibility index (Phi) is 6.49. The molecular weight excluding hydrogens is 403 g/mol. The lowest BCUT2D eigenvalue weighted by Crippen LogP contribution is -2.15. The molecule has 0 atom stereocenters. The summed E-state index contributed by atoms with van der Waals surface area (Å²) in [6.07, 6.45) is 0. The number of hydrogen-bond acceptors (Lipinski definition) is 4. The van der Waals surface area contributed by atoms with Crippen LogP contribution in [0.2, 0.25) is 0 Å². The van der Waals surface area contributed by atoms with Gasteiger partial charge in [0.2, 0.25) is 0 Å². The van der Waals surface area contributed by atoms with E-state index in [4.69, 9.17) is 9.47 Å². The van der Waals surface area contributed by atoms with Crippen molar-refractivity contribution in [2.24, 2.45) is 0 Å². The van der Waals surface area contributed by atoms with E-state index in [1.165, 1.54) is 0 Å². The van der Waals surface area contributed by atoms with E-state index in [1.807, 2.05) is 18.2 Å². The van der Waals surface area contributed by atoms with E-state index in [-0.39, 0.29) is 19.1 Å². The normalized spacial score (nSPS) is 10.1. The quantitative estimate of drug-likeness (QED) is 0.510. The number of carbonyl (C=O) groups excluding carboxylic acids is 2. The number of carbonyl (C=O) groups is 2. The van der Waals surface area contributed by atoms with Gasteiger partial charge in [0, 0.05) is 8.04 Å². The molecule has 0 aromatic heterocycles. The van der Waals surface area contributed by atoms with Crippen molar-refractivity contribution in [3.05, 3.63) is 31.8 Å². The fourth-order valence-corrected chi connectivity index (χ4v) is 2.52. The van der Waals surface area contributed by atoms with Gasteiger partial charge in [0.05, 0.1) is 5.92 Å². The van der Waals surface area contributed by atoms with Crippen molar-refractivity contribution in [2.75, 3.05) is 13.2 Å². The van der Waals surface area contributed by atoms with Crippen LogP contribution in [-0.2, 0) is 19.1 Å². The Labute approximate surface area is 121 Å². The summed E-state index contributed by atoms with van der Waals surface area (Å²) in [5, 5.41) is 0. The Bertz CT molecular complexity index is 385. The minimum atomic E-state index is -0.158. The van der Waals surface area contributed by atoms with Crippen molar-refractivity contribution in [1.82, 2.24) is 0 Å². The van der Waals surface area contributed by atoms with Gasteiger partial charge >= 0.3 is 0 Å². The van der Waals surface area contributed by atoms with Crippen LogP contribution in [0.25, 0.3) is 0 Å². The lowest BCUT2D eigenvalue weighted by molar-refractivity contribution is -0.131. The molecule has 1 aromatic carbocycles. The fourth-order valence-electron chi connectivity index (χ4n) is 1.37. The van der Waals surface area contributed by atoms with Crippen molar-refractivity contribution in [3.63, 3.8) is 0 Å². The van der Waals surface area contributed by atoms with E-state index in [0.29, 0.717) is 12.9 Å². The monoisotopic (exact) mass is 412 g/mol. The molecule has 0 N–H and O–H groups in total. The van der Waals surface area contributed by atoms with E-state index in [2.05, 4.69) is 38.5 Å². The molecule has 0 bridgehead atoms. The van der Waals surface area contributed by atoms with Gasteiger partial charge in [-0.25, -0.2) is 0 Å². The summed E-state index contributed by atoms with van der Waals surface area (Å²) in [5.41, 5.74) is 0.976. The minimum absolute atomic E-state index is 0.158. The predicted molar refractivity (Wildman–Crippen MR) is 73.6 cm³/mol. The summed E-state index contributed by atoms with van der Waals surface area (Å²) in [4.78, 5) is 20.4. The third-order valence-electron chi connectivity index (χ3n) is 2.13. The Morgan fingerprint density at radius 1 is 1.24 bits per heavy atom. The Morgan fingerprint density at radius 2 is 1.82 bits per heavy atom. The van der Waals surface area contributed by atoms with Crippen molar-refractivity contribution in [2.45, 2.75) is 5.92 Å². The Morgan fingerprint density at radius 3 is 2.35 bits per heavy atom. The molecule has 0 unspecified atom stereocenters. The van der Waals surface area contributed by atoms with Gasteiger partial charge < -0.3 is 9.47 Å². The molecule has 0 saturated heterocycles. The van der Waals surface area contributed by atoms with Crippen LogP contribution in [0.3, 0.4) is 0 Å². The predicted octanol–water partition coefficient (Wildman–Crippen LogP) is 2.48. The number of hydrogen-bond donors (Lipinski definition) is 0. The van der Waals surface area contributed by atoms with Gasteiger partial charge in [-0.2, -0.15) is 0 Å². The number of benzene rings is 1. The van der Waals surface area contributed by atoms with Crippen molar-refractivity contribution < 1.29 is 19.1 Å². The number of rotatable bonds is 7. The van der Waals surface area contributed by atoms with Gasteiger partial charge in [0.1, 0.15) is 13.2 Å². The van der Waals surface area contributed by atoms with Crippen molar-refractivity contribution in [1.29, 1.82) is 0 Å². The van der Waals surface area contributed by atoms with Crippen LogP contribution in [0, 0.1) is 3.57 Å². The third-order valence-corrected chi connectivity index (χ3v) is 3.60. The lowest BCUT2D eigenvalue weighted by Gasteiger charge is -2.16. The molecule has 0 saturated carbocycles. The Balaban J connectivity index is 2.89. The largest absolute Gasteiger partial charge is 0.467 e. The van der Waals surface area contributed by atoms with Crippen LogP contribution >= 0.6 is 38.5 Å². The maximum Gasteiger partial charge on any atom is 0.293 e. The number of halogens is 2. The van der Waals surface area contributed by atoms with Crippen LogP contribution in [0.5, 0.6) is 0 Å². The molecule has 0 spiro atoms. The van der Waals surface area contributed by atoms with Crippen molar-refractivity contribution >= 4 is 51.5 Å². The van der Waals surface area contributed by atoms with E-state index in [1.54, 1.807) is 0 Å². The lowest BCUT2D eigenvalue weighted by atomic mass is 10.0. The summed E-state index contributed by atoms with van der Waals surface area (Å²) in [7, 11) is 0. The SMILES string of the molecule is O=COCC(COC=O)c1cc(Br)ccc1I. The fraction of sp³-hybridized carbons (Fsp3) is 0.273. The van der Waals surface area contributed by atoms with Gasteiger partial charge in [0.15, 0.2) is 0 Å². The standard InChI is InChI=1S/C11H10BrIO4/c12-9-1-2-11(13)10(3-9)8(4-16-6-14)5-17-7-15/h1-3,6-8H,4-5H2. The smallest absolute Gasteiger partial charge is 0.293 e. The Hall–Kier alpha value is -0.630. The van der Waals surface area contributed by atoms with E-state index >= 15 is 0 Å². The second-order valence-electron chi connectivity index (χ2n) is 3.22. The summed E-state index contributed by atoms with van der Waals surface area (Å²) >= 11 is 5.56.